The van der Waals surface area contributed by atoms with Crippen molar-refractivity contribution in [1.82, 2.24) is 10.2 Å². The first-order valence-corrected chi connectivity index (χ1v) is 15.6. The van der Waals surface area contributed by atoms with Gasteiger partial charge in [-0.05, 0) is 49.1 Å². The summed E-state index contributed by atoms with van der Waals surface area (Å²) in [5.74, 6) is -2.81. The van der Waals surface area contributed by atoms with Gasteiger partial charge in [-0.15, -0.1) is 13.2 Å². The summed E-state index contributed by atoms with van der Waals surface area (Å²) in [6.45, 7) is 7.07. The summed E-state index contributed by atoms with van der Waals surface area (Å²) in [5, 5.41) is 13.0. The Kier molecular flexibility index (Phi) is 10.2. The maximum atomic E-state index is 14.4. The van der Waals surface area contributed by atoms with E-state index in [-0.39, 0.29) is 38.6 Å². The van der Waals surface area contributed by atoms with E-state index in [0.29, 0.717) is 30.7 Å². The summed E-state index contributed by atoms with van der Waals surface area (Å²) in [7, 11) is 1.55. The number of carbonyl (C=O) groups excluding carboxylic acids is 4. The second-order valence-corrected chi connectivity index (χ2v) is 11.7. The molecule has 3 aliphatic rings. The van der Waals surface area contributed by atoms with Gasteiger partial charge >= 0.3 is 5.97 Å². The molecule has 0 aromatic heterocycles. The quantitative estimate of drug-likeness (QED) is 0.226. The Labute approximate surface area is 268 Å². The lowest BCUT2D eigenvalue weighted by Crippen LogP contribution is -2.57. The number of nitrogens with zero attached hydrogens (tertiary/aromatic N) is 2. The number of amides is 3. The molecule has 2 aromatic rings. The number of anilines is 1. The van der Waals surface area contributed by atoms with Gasteiger partial charge in [0, 0.05) is 25.2 Å². The van der Waals surface area contributed by atoms with Crippen molar-refractivity contribution in [2.75, 3.05) is 38.3 Å². The van der Waals surface area contributed by atoms with Crippen LogP contribution in [0, 0.1) is 11.8 Å². The van der Waals surface area contributed by atoms with Crippen LogP contribution in [-0.4, -0.2) is 84.9 Å². The zero-order valence-electron chi connectivity index (χ0n) is 26.0. The molecule has 5 rings (SSSR count). The fraction of sp³-hybridized carbons (Fsp3) is 0.429. The standard InChI is InChI=1S/C35H41N3O8/c1-4-6-12-28(40)45-22-26(23-10-8-7-9-11-23)36-32(41)29-27-17-18-35(46-27)30(29)33(42)38(20-21-39)31(35)34(43)37(19-5-2)24-13-15-25(44-3)16-14-24/h4-5,7-11,13-16,26-27,29-31,39H,1-2,6,12,17-22H2,3H3,(H,36,41)/t26-,27-,29+,30+,31-,35+/m1/s1. The molecular formula is C35H41N3O8. The number of nitrogens with one attached hydrogen (secondary N) is 1. The van der Waals surface area contributed by atoms with Crippen molar-refractivity contribution in [2.24, 2.45) is 11.8 Å². The first kappa shape index (κ1) is 32.9. The molecule has 3 aliphatic heterocycles. The molecule has 1 spiro atoms. The SMILES string of the molecule is C=CCCC(=O)OC[C@@H](NC(=O)[C@@H]1[C@H]2C(=O)N(CCO)[C@H](C(=O)N(CC=C)c3ccc(OC)cc3)[C@]23CC[C@H]1O3)c1ccccc1. The van der Waals surface area contributed by atoms with Gasteiger partial charge in [-0.3, -0.25) is 19.2 Å². The van der Waals surface area contributed by atoms with Crippen LogP contribution in [-0.2, 0) is 28.7 Å². The van der Waals surface area contributed by atoms with Crippen LogP contribution in [0.3, 0.4) is 0 Å². The van der Waals surface area contributed by atoms with E-state index in [1.165, 1.54) is 9.80 Å². The maximum Gasteiger partial charge on any atom is 0.306 e. The predicted molar refractivity (Wildman–Crippen MR) is 170 cm³/mol. The smallest absolute Gasteiger partial charge is 0.306 e. The molecule has 3 fully saturated rings. The molecular weight excluding hydrogens is 590 g/mol. The van der Waals surface area contributed by atoms with E-state index in [2.05, 4.69) is 18.5 Å². The monoisotopic (exact) mass is 631 g/mol. The Morgan fingerprint density at radius 2 is 1.89 bits per heavy atom. The van der Waals surface area contributed by atoms with Crippen molar-refractivity contribution >= 4 is 29.4 Å². The molecule has 11 nitrogen and oxygen atoms in total. The molecule has 3 heterocycles. The molecule has 46 heavy (non-hydrogen) atoms. The molecule has 0 unspecified atom stereocenters. The van der Waals surface area contributed by atoms with Crippen molar-refractivity contribution in [3.8, 4) is 5.75 Å². The molecule has 11 heteroatoms. The number of carbonyl (C=O) groups is 4. The third kappa shape index (κ3) is 6.17. The van der Waals surface area contributed by atoms with Crippen LogP contribution >= 0.6 is 0 Å². The Hall–Kier alpha value is -4.48. The van der Waals surface area contributed by atoms with E-state index in [9.17, 15) is 24.3 Å². The lowest BCUT2D eigenvalue weighted by atomic mass is 9.70. The predicted octanol–water partition coefficient (Wildman–Crippen LogP) is 2.95. The molecule has 0 radical (unpaired) electrons. The summed E-state index contributed by atoms with van der Waals surface area (Å²) >= 11 is 0. The number of likely N-dealkylation sites (tertiary alicyclic amines) is 1. The average Bonchev–Trinajstić information content (AvgIpc) is 3.72. The van der Waals surface area contributed by atoms with Crippen LogP contribution < -0.4 is 15.0 Å². The van der Waals surface area contributed by atoms with Crippen LogP contribution in [0.4, 0.5) is 5.69 Å². The van der Waals surface area contributed by atoms with Crippen molar-refractivity contribution < 1.29 is 38.5 Å². The normalized spacial score (nSPS) is 25.0. The van der Waals surface area contributed by atoms with Gasteiger partial charge in [0.2, 0.25) is 11.8 Å². The van der Waals surface area contributed by atoms with Crippen molar-refractivity contribution in [3.05, 3.63) is 85.5 Å². The summed E-state index contributed by atoms with van der Waals surface area (Å²) < 4.78 is 17.3. The first-order valence-electron chi connectivity index (χ1n) is 15.6. The molecule has 2 bridgehead atoms. The number of β-amino-alcohol motifs (C(OH)–C–C–N with tert-alkyl or cyclic N) is 1. The fourth-order valence-corrected chi connectivity index (χ4v) is 7.09. The minimum atomic E-state index is -1.25. The highest BCUT2D eigenvalue weighted by Crippen LogP contribution is 2.58. The third-order valence-corrected chi connectivity index (χ3v) is 9.12. The van der Waals surface area contributed by atoms with Crippen molar-refractivity contribution in [1.29, 1.82) is 0 Å². The van der Waals surface area contributed by atoms with E-state index in [1.54, 1.807) is 43.5 Å². The Morgan fingerprint density at radius 1 is 1.15 bits per heavy atom. The van der Waals surface area contributed by atoms with E-state index in [4.69, 9.17) is 14.2 Å². The van der Waals surface area contributed by atoms with E-state index >= 15 is 0 Å². The van der Waals surface area contributed by atoms with Gasteiger partial charge < -0.3 is 34.4 Å². The van der Waals surface area contributed by atoms with E-state index in [0.717, 1.165) is 5.56 Å². The number of methoxy groups -OCH3 is 1. The number of benzene rings is 2. The van der Waals surface area contributed by atoms with E-state index in [1.807, 2.05) is 30.3 Å². The largest absolute Gasteiger partial charge is 0.497 e. The molecule has 3 amide bonds. The number of hydrogen-bond donors (Lipinski definition) is 2. The van der Waals surface area contributed by atoms with Crippen LogP contribution in [0.2, 0.25) is 0 Å². The molecule has 2 aromatic carbocycles. The number of ether oxygens (including phenoxy) is 3. The highest BCUT2D eigenvalue weighted by molar-refractivity contribution is 6.05. The van der Waals surface area contributed by atoms with Crippen LogP contribution in [0.15, 0.2) is 79.9 Å². The Morgan fingerprint density at radius 3 is 2.54 bits per heavy atom. The Bertz CT molecular complexity index is 1450. The number of allylic oxidation sites excluding steroid dienone is 1. The minimum absolute atomic E-state index is 0.0896. The van der Waals surface area contributed by atoms with Crippen LogP contribution in [0.5, 0.6) is 5.75 Å². The van der Waals surface area contributed by atoms with Gasteiger partial charge in [0.25, 0.3) is 5.91 Å². The van der Waals surface area contributed by atoms with Gasteiger partial charge in [0.05, 0.1) is 37.7 Å². The van der Waals surface area contributed by atoms with Crippen LogP contribution in [0.1, 0.15) is 37.3 Å². The number of rotatable bonds is 15. The summed E-state index contributed by atoms with van der Waals surface area (Å²) in [6.07, 6.45) is 4.18. The number of aliphatic hydroxyl groups is 1. The second kappa shape index (κ2) is 14.3. The minimum Gasteiger partial charge on any atom is -0.497 e. The van der Waals surface area contributed by atoms with E-state index < -0.39 is 53.4 Å². The summed E-state index contributed by atoms with van der Waals surface area (Å²) in [6, 6.07) is 14.4. The van der Waals surface area contributed by atoms with Gasteiger partial charge in [-0.1, -0.05) is 42.5 Å². The second-order valence-electron chi connectivity index (χ2n) is 11.7. The molecule has 3 saturated heterocycles. The average molecular weight is 632 g/mol. The van der Waals surface area contributed by atoms with Gasteiger partial charge in [-0.2, -0.15) is 0 Å². The first-order chi connectivity index (χ1) is 22.3. The lowest BCUT2D eigenvalue weighted by Gasteiger charge is -2.36. The van der Waals surface area contributed by atoms with Gasteiger partial charge in [0.1, 0.15) is 24.0 Å². The number of hydrogen-bond acceptors (Lipinski definition) is 8. The number of aliphatic hydroxyl groups excluding tert-OH is 1. The zero-order valence-corrected chi connectivity index (χ0v) is 26.0. The van der Waals surface area contributed by atoms with Gasteiger partial charge in [0.15, 0.2) is 0 Å². The van der Waals surface area contributed by atoms with Crippen molar-refractivity contribution in [3.63, 3.8) is 0 Å². The molecule has 0 aliphatic carbocycles. The summed E-state index contributed by atoms with van der Waals surface area (Å²) in [5.41, 5.74) is 0.0666. The number of esters is 1. The molecule has 244 valence electrons. The molecule has 6 atom stereocenters. The van der Waals surface area contributed by atoms with Crippen molar-refractivity contribution in [2.45, 2.75) is 49.5 Å². The number of fused-ring (bicyclic) bond motifs is 1. The molecule has 0 saturated carbocycles. The Balaban J connectivity index is 1.43. The lowest BCUT2D eigenvalue weighted by molar-refractivity contribution is -0.146. The maximum absolute atomic E-state index is 14.4. The third-order valence-electron chi connectivity index (χ3n) is 9.12. The molecule has 2 N–H and O–H groups in total. The van der Waals surface area contributed by atoms with Gasteiger partial charge in [-0.25, -0.2) is 0 Å². The van der Waals surface area contributed by atoms with Crippen LogP contribution in [0.25, 0.3) is 0 Å². The topological polar surface area (TPSA) is 135 Å². The zero-order chi connectivity index (χ0) is 32.8. The summed E-state index contributed by atoms with van der Waals surface area (Å²) in [4.78, 5) is 57.9. The highest BCUT2D eigenvalue weighted by atomic mass is 16.5. The fourth-order valence-electron chi connectivity index (χ4n) is 7.09. The highest BCUT2D eigenvalue weighted by Gasteiger charge is 2.74.